The van der Waals surface area contributed by atoms with Gasteiger partial charge in [-0.1, -0.05) is 18.2 Å². The van der Waals surface area contributed by atoms with Crippen molar-refractivity contribution in [2.24, 2.45) is 0 Å². The van der Waals surface area contributed by atoms with Crippen LogP contribution in [0.15, 0.2) is 36.5 Å². The van der Waals surface area contributed by atoms with Gasteiger partial charge in [-0.2, -0.15) is 5.10 Å². The average Bonchev–Trinajstić information content (AvgIpc) is 2.91. The Morgan fingerprint density at radius 1 is 1.32 bits per heavy atom. The van der Waals surface area contributed by atoms with Crippen LogP contribution in [0.2, 0.25) is 0 Å². The normalized spacial score (nSPS) is 17.8. The number of carbonyl (C=O) groups excluding carboxylic acids is 1. The lowest BCUT2D eigenvalue weighted by molar-refractivity contribution is 0.0683. The third-order valence-electron chi connectivity index (χ3n) is 3.78. The molecule has 22 heavy (non-hydrogen) atoms. The fraction of sp³-hybridized carbons (Fsp3) is 0.412. The molecule has 0 aliphatic carbocycles. The molecule has 1 amide bonds. The number of para-hydroxylation sites is 1. The number of benzene rings is 1. The second-order valence-electron chi connectivity index (χ2n) is 6.00. The molecule has 2 aromatic rings. The Bertz CT molecular complexity index is 678. The van der Waals surface area contributed by atoms with E-state index in [2.05, 4.69) is 5.10 Å². The van der Waals surface area contributed by atoms with E-state index in [1.54, 1.807) is 10.7 Å². The van der Waals surface area contributed by atoms with Crippen molar-refractivity contribution in [1.82, 2.24) is 14.7 Å². The fourth-order valence-electron chi connectivity index (χ4n) is 2.64. The zero-order valence-corrected chi connectivity index (χ0v) is 13.2. The Hall–Kier alpha value is -2.30. The third-order valence-corrected chi connectivity index (χ3v) is 3.78. The Labute approximate surface area is 130 Å². The third kappa shape index (κ3) is 2.84. The van der Waals surface area contributed by atoms with Crippen LogP contribution in [0.5, 0.6) is 5.75 Å². The van der Waals surface area contributed by atoms with Crippen LogP contribution in [-0.4, -0.2) is 33.2 Å². The van der Waals surface area contributed by atoms with Crippen LogP contribution in [0.25, 0.3) is 0 Å². The van der Waals surface area contributed by atoms with Gasteiger partial charge >= 0.3 is 0 Å². The summed E-state index contributed by atoms with van der Waals surface area (Å²) < 4.78 is 7.70. The monoisotopic (exact) mass is 299 g/mol. The molecule has 2 heterocycles. The quantitative estimate of drug-likeness (QED) is 0.856. The number of amides is 1. The molecule has 0 saturated carbocycles. The van der Waals surface area contributed by atoms with Crippen LogP contribution >= 0.6 is 0 Å². The van der Waals surface area contributed by atoms with Crippen LogP contribution < -0.4 is 4.74 Å². The Kier molecular flexibility index (Phi) is 3.88. The van der Waals surface area contributed by atoms with Gasteiger partial charge in [0.2, 0.25) is 0 Å². The average molecular weight is 299 g/mol. The first kappa shape index (κ1) is 14.6. The molecule has 1 aliphatic rings. The van der Waals surface area contributed by atoms with E-state index in [-0.39, 0.29) is 18.1 Å². The first-order valence-corrected chi connectivity index (χ1v) is 7.63. The molecule has 0 radical (unpaired) electrons. The summed E-state index contributed by atoms with van der Waals surface area (Å²) in [6.45, 7) is 7.17. The minimum Gasteiger partial charge on any atom is -0.489 e. The van der Waals surface area contributed by atoms with Gasteiger partial charge in [0, 0.05) is 24.3 Å². The predicted molar refractivity (Wildman–Crippen MR) is 83.9 cm³/mol. The maximum absolute atomic E-state index is 12.7. The first-order chi connectivity index (χ1) is 10.5. The molecule has 0 unspecified atom stereocenters. The van der Waals surface area contributed by atoms with Gasteiger partial charge in [0.25, 0.3) is 5.91 Å². The van der Waals surface area contributed by atoms with Crippen molar-refractivity contribution in [3.05, 3.63) is 47.8 Å². The van der Waals surface area contributed by atoms with Crippen LogP contribution in [-0.2, 0) is 6.54 Å². The summed E-state index contributed by atoms with van der Waals surface area (Å²) in [4.78, 5) is 14.5. The Morgan fingerprint density at radius 3 is 2.82 bits per heavy atom. The summed E-state index contributed by atoms with van der Waals surface area (Å²) in [5.74, 6) is 0.810. The SMILES string of the molecule is CC(C)n1ccc(C(=O)N2Cc3ccccc3O[C@@H](C)C2)n1. The van der Waals surface area contributed by atoms with Crippen LogP contribution in [0.4, 0.5) is 0 Å². The molecule has 0 fully saturated rings. The molecular weight excluding hydrogens is 278 g/mol. The lowest BCUT2D eigenvalue weighted by atomic mass is 10.2. The van der Waals surface area contributed by atoms with Crippen molar-refractivity contribution in [2.75, 3.05) is 6.54 Å². The van der Waals surface area contributed by atoms with Gasteiger partial charge in [-0.05, 0) is 32.9 Å². The highest BCUT2D eigenvalue weighted by Gasteiger charge is 2.25. The molecule has 116 valence electrons. The Balaban J connectivity index is 1.85. The van der Waals surface area contributed by atoms with E-state index in [9.17, 15) is 4.79 Å². The molecule has 3 rings (SSSR count). The summed E-state index contributed by atoms with van der Waals surface area (Å²) >= 11 is 0. The summed E-state index contributed by atoms with van der Waals surface area (Å²) in [6, 6.07) is 9.90. The summed E-state index contributed by atoms with van der Waals surface area (Å²) in [7, 11) is 0. The molecule has 0 bridgehead atoms. The standard InChI is InChI=1S/C17H21N3O2/c1-12(2)20-9-8-15(18-20)17(21)19-10-13(3)22-16-7-5-4-6-14(16)11-19/h4-9,12-13H,10-11H2,1-3H3/t13-/m0/s1. The molecule has 0 spiro atoms. The summed E-state index contributed by atoms with van der Waals surface area (Å²) in [6.07, 6.45) is 1.81. The van der Waals surface area contributed by atoms with E-state index < -0.39 is 0 Å². The smallest absolute Gasteiger partial charge is 0.274 e. The van der Waals surface area contributed by atoms with Crippen molar-refractivity contribution >= 4 is 5.91 Å². The maximum Gasteiger partial charge on any atom is 0.274 e. The zero-order chi connectivity index (χ0) is 15.7. The van der Waals surface area contributed by atoms with Crippen LogP contribution in [0.1, 0.15) is 42.9 Å². The van der Waals surface area contributed by atoms with Gasteiger partial charge in [0.1, 0.15) is 17.5 Å². The molecule has 1 aromatic heterocycles. The highest BCUT2D eigenvalue weighted by molar-refractivity contribution is 5.92. The number of hydrogen-bond acceptors (Lipinski definition) is 3. The summed E-state index contributed by atoms with van der Waals surface area (Å²) in [5, 5.41) is 4.38. The topological polar surface area (TPSA) is 47.4 Å². The van der Waals surface area contributed by atoms with Crippen molar-refractivity contribution in [3.63, 3.8) is 0 Å². The van der Waals surface area contributed by atoms with E-state index in [1.807, 2.05) is 56.1 Å². The van der Waals surface area contributed by atoms with E-state index in [0.717, 1.165) is 11.3 Å². The number of carbonyl (C=O) groups is 1. The van der Waals surface area contributed by atoms with E-state index in [0.29, 0.717) is 18.8 Å². The molecule has 0 N–H and O–H groups in total. The van der Waals surface area contributed by atoms with Crippen molar-refractivity contribution in [3.8, 4) is 5.75 Å². The van der Waals surface area contributed by atoms with Crippen molar-refractivity contribution < 1.29 is 9.53 Å². The Morgan fingerprint density at radius 2 is 2.09 bits per heavy atom. The van der Waals surface area contributed by atoms with Gasteiger partial charge in [0.05, 0.1) is 6.54 Å². The number of nitrogens with zero attached hydrogens (tertiary/aromatic N) is 3. The molecule has 1 aromatic carbocycles. The minimum atomic E-state index is -0.0495. The van der Waals surface area contributed by atoms with E-state index >= 15 is 0 Å². The lowest BCUT2D eigenvalue weighted by Crippen LogP contribution is -2.36. The number of rotatable bonds is 2. The van der Waals surface area contributed by atoms with Gasteiger partial charge in [0.15, 0.2) is 0 Å². The molecule has 5 heteroatoms. The maximum atomic E-state index is 12.7. The van der Waals surface area contributed by atoms with Crippen molar-refractivity contribution in [1.29, 1.82) is 0 Å². The lowest BCUT2D eigenvalue weighted by Gasteiger charge is -2.21. The molecule has 0 saturated heterocycles. The van der Waals surface area contributed by atoms with Gasteiger partial charge in [-0.3, -0.25) is 9.48 Å². The number of fused-ring (bicyclic) bond motifs is 1. The zero-order valence-electron chi connectivity index (χ0n) is 13.2. The van der Waals surface area contributed by atoms with Crippen molar-refractivity contribution in [2.45, 2.75) is 39.5 Å². The molecule has 1 atom stereocenters. The molecule has 5 nitrogen and oxygen atoms in total. The summed E-state index contributed by atoms with van der Waals surface area (Å²) in [5.41, 5.74) is 1.52. The highest BCUT2D eigenvalue weighted by atomic mass is 16.5. The van der Waals surface area contributed by atoms with Crippen LogP contribution in [0, 0.1) is 0 Å². The minimum absolute atomic E-state index is 0.0419. The second-order valence-corrected chi connectivity index (χ2v) is 6.00. The largest absolute Gasteiger partial charge is 0.489 e. The van der Waals surface area contributed by atoms with Gasteiger partial charge in [-0.25, -0.2) is 0 Å². The van der Waals surface area contributed by atoms with E-state index in [1.165, 1.54) is 0 Å². The van der Waals surface area contributed by atoms with Gasteiger partial charge < -0.3 is 9.64 Å². The first-order valence-electron chi connectivity index (χ1n) is 7.63. The predicted octanol–water partition coefficient (Wildman–Crippen LogP) is 2.89. The molecular formula is C17H21N3O2. The second kappa shape index (κ2) is 5.83. The van der Waals surface area contributed by atoms with Crippen LogP contribution in [0.3, 0.4) is 0 Å². The van der Waals surface area contributed by atoms with E-state index in [4.69, 9.17) is 4.74 Å². The molecule has 1 aliphatic heterocycles. The fourth-order valence-corrected chi connectivity index (χ4v) is 2.64. The number of aromatic nitrogens is 2. The number of ether oxygens (including phenoxy) is 1. The van der Waals surface area contributed by atoms with Gasteiger partial charge in [-0.15, -0.1) is 0 Å². The highest BCUT2D eigenvalue weighted by Crippen LogP contribution is 2.25. The number of hydrogen-bond donors (Lipinski definition) is 0.